The first kappa shape index (κ1) is 16.1. The maximum absolute atomic E-state index is 5.80. The summed E-state index contributed by atoms with van der Waals surface area (Å²) in [7, 11) is 0. The van der Waals surface area contributed by atoms with Crippen LogP contribution in [0.2, 0.25) is 0 Å². The minimum absolute atomic E-state index is 0.0720. The third-order valence-corrected chi connectivity index (χ3v) is 3.88. The van der Waals surface area contributed by atoms with Crippen molar-refractivity contribution in [3.8, 4) is 5.75 Å². The van der Waals surface area contributed by atoms with Crippen LogP contribution in [0.1, 0.15) is 43.2 Å². The van der Waals surface area contributed by atoms with Gasteiger partial charge in [-0.25, -0.2) is 0 Å². The molecule has 0 saturated heterocycles. The summed E-state index contributed by atoms with van der Waals surface area (Å²) in [5.74, 6) is 1.85. The van der Waals surface area contributed by atoms with Crippen molar-refractivity contribution in [2.75, 3.05) is 13.2 Å². The Kier molecular flexibility index (Phi) is 5.88. The summed E-state index contributed by atoms with van der Waals surface area (Å²) in [5.41, 5.74) is 2.28. The minimum atomic E-state index is 0.0720. The highest BCUT2D eigenvalue weighted by molar-refractivity contribution is 9.10. The molecule has 3 nitrogen and oxygen atoms in total. The standard InChI is InChI=1S/C17H22BrNO2/c1-4-9-19-17(14-8-10-21-12(14)3)15-11-13(18)6-7-16(15)20-5-2/h6-8,10-11,17,19H,4-5,9H2,1-3H3. The second-order valence-electron chi connectivity index (χ2n) is 4.93. The Balaban J connectivity index is 2.45. The topological polar surface area (TPSA) is 34.4 Å². The quantitative estimate of drug-likeness (QED) is 0.774. The van der Waals surface area contributed by atoms with Crippen LogP contribution in [0, 0.1) is 6.92 Å². The smallest absolute Gasteiger partial charge is 0.124 e. The highest BCUT2D eigenvalue weighted by Gasteiger charge is 2.21. The van der Waals surface area contributed by atoms with Crippen molar-refractivity contribution in [3.05, 3.63) is 51.9 Å². The van der Waals surface area contributed by atoms with E-state index < -0.39 is 0 Å². The van der Waals surface area contributed by atoms with Gasteiger partial charge in [0.05, 0.1) is 18.9 Å². The molecule has 0 spiro atoms. The fourth-order valence-electron chi connectivity index (χ4n) is 2.40. The van der Waals surface area contributed by atoms with Gasteiger partial charge in [0.15, 0.2) is 0 Å². The molecule has 0 aliphatic carbocycles. The molecule has 1 aromatic heterocycles. The van der Waals surface area contributed by atoms with Gasteiger partial charge in [-0.15, -0.1) is 0 Å². The van der Waals surface area contributed by atoms with Gasteiger partial charge < -0.3 is 14.5 Å². The molecule has 0 saturated carbocycles. The van der Waals surface area contributed by atoms with E-state index in [1.54, 1.807) is 6.26 Å². The molecule has 2 rings (SSSR count). The van der Waals surface area contributed by atoms with E-state index in [2.05, 4.69) is 34.2 Å². The van der Waals surface area contributed by atoms with Gasteiger partial charge in [-0.3, -0.25) is 0 Å². The van der Waals surface area contributed by atoms with Crippen LogP contribution >= 0.6 is 15.9 Å². The van der Waals surface area contributed by atoms with E-state index in [0.29, 0.717) is 6.61 Å². The van der Waals surface area contributed by atoms with Crippen molar-refractivity contribution in [1.29, 1.82) is 0 Å². The molecule has 0 amide bonds. The zero-order valence-corrected chi connectivity index (χ0v) is 14.4. The minimum Gasteiger partial charge on any atom is -0.494 e. The van der Waals surface area contributed by atoms with Crippen LogP contribution in [0.15, 0.2) is 39.4 Å². The number of hydrogen-bond acceptors (Lipinski definition) is 3. The number of halogens is 1. The summed E-state index contributed by atoms with van der Waals surface area (Å²) in [6.45, 7) is 7.75. The molecule has 114 valence electrons. The summed E-state index contributed by atoms with van der Waals surface area (Å²) in [4.78, 5) is 0. The maximum Gasteiger partial charge on any atom is 0.124 e. The van der Waals surface area contributed by atoms with E-state index in [1.165, 1.54) is 0 Å². The maximum atomic E-state index is 5.80. The van der Waals surface area contributed by atoms with Gasteiger partial charge in [-0.1, -0.05) is 22.9 Å². The van der Waals surface area contributed by atoms with Gasteiger partial charge in [0, 0.05) is 15.6 Å². The average molecular weight is 352 g/mol. The Bertz CT molecular complexity index is 580. The average Bonchev–Trinajstić information content (AvgIpc) is 2.88. The fourth-order valence-corrected chi connectivity index (χ4v) is 2.78. The number of nitrogens with one attached hydrogen (secondary N) is 1. The van der Waals surface area contributed by atoms with Crippen molar-refractivity contribution in [2.24, 2.45) is 0 Å². The molecule has 1 aromatic carbocycles. The molecular weight excluding hydrogens is 330 g/mol. The van der Waals surface area contributed by atoms with E-state index in [-0.39, 0.29) is 6.04 Å². The van der Waals surface area contributed by atoms with Crippen LogP contribution in [0.25, 0.3) is 0 Å². The number of hydrogen-bond donors (Lipinski definition) is 1. The van der Waals surface area contributed by atoms with Crippen molar-refractivity contribution < 1.29 is 9.15 Å². The fraction of sp³-hybridized carbons (Fsp3) is 0.412. The van der Waals surface area contributed by atoms with Gasteiger partial charge in [-0.2, -0.15) is 0 Å². The monoisotopic (exact) mass is 351 g/mol. The van der Waals surface area contributed by atoms with Crippen molar-refractivity contribution in [1.82, 2.24) is 5.32 Å². The zero-order valence-electron chi connectivity index (χ0n) is 12.8. The summed E-state index contributed by atoms with van der Waals surface area (Å²) < 4.78 is 12.3. The lowest BCUT2D eigenvalue weighted by Gasteiger charge is -2.22. The largest absolute Gasteiger partial charge is 0.494 e. The predicted octanol–water partition coefficient (Wildman–Crippen LogP) is 4.84. The number of ether oxygens (including phenoxy) is 1. The number of benzene rings is 1. The van der Waals surface area contributed by atoms with E-state index >= 15 is 0 Å². The Morgan fingerprint density at radius 2 is 2.05 bits per heavy atom. The molecule has 1 heterocycles. The molecule has 0 radical (unpaired) electrons. The Labute approximate surface area is 134 Å². The summed E-state index contributed by atoms with van der Waals surface area (Å²) >= 11 is 3.56. The number of furan rings is 1. The first-order chi connectivity index (χ1) is 10.2. The third kappa shape index (κ3) is 3.89. The summed E-state index contributed by atoms with van der Waals surface area (Å²) in [5, 5.41) is 3.59. The third-order valence-electron chi connectivity index (χ3n) is 3.39. The predicted molar refractivity (Wildman–Crippen MR) is 88.9 cm³/mol. The van der Waals surface area contributed by atoms with Crippen molar-refractivity contribution >= 4 is 15.9 Å². The summed E-state index contributed by atoms with van der Waals surface area (Å²) in [6.07, 6.45) is 2.81. The molecule has 2 aromatic rings. The van der Waals surface area contributed by atoms with Crippen molar-refractivity contribution in [3.63, 3.8) is 0 Å². The van der Waals surface area contributed by atoms with E-state index in [0.717, 1.165) is 40.1 Å². The molecule has 1 unspecified atom stereocenters. The van der Waals surface area contributed by atoms with Gasteiger partial charge in [0.2, 0.25) is 0 Å². The molecule has 1 atom stereocenters. The Morgan fingerprint density at radius 1 is 1.24 bits per heavy atom. The van der Waals surface area contributed by atoms with E-state index in [4.69, 9.17) is 9.15 Å². The van der Waals surface area contributed by atoms with Gasteiger partial charge in [-0.05, 0) is 51.1 Å². The first-order valence-corrected chi connectivity index (χ1v) is 8.16. The molecule has 21 heavy (non-hydrogen) atoms. The van der Waals surface area contributed by atoms with Crippen LogP contribution < -0.4 is 10.1 Å². The lowest BCUT2D eigenvalue weighted by molar-refractivity contribution is 0.333. The second-order valence-corrected chi connectivity index (χ2v) is 5.85. The number of aryl methyl sites for hydroxylation is 1. The lowest BCUT2D eigenvalue weighted by atomic mass is 9.98. The first-order valence-electron chi connectivity index (χ1n) is 7.37. The van der Waals surface area contributed by atoms with Gasteiger partial charge >= 0.3 is 0 Å². The van der Waals surface area contributed by atoms with Gasteiger partial charge in [0.25, 0.3) is 0 Å². The van der Waals surface area contributed by atoms with Gasteiger partial charge in [0.1, 0.15) is 11.5 Å². The molecular formula is C17H22BrNO2. The zero-order chi connectivity index (χ0) is 15.2. The normalized spacial score (nSPS) is 12.4. The molecule has 4 heteroatoms. The number of rotatable bonds is 7. The molecule has 0 aliphatic heterocycles. The van der Waals surface area contributed by atoms with Crippen LogP contribution in [0.4, 0.5) is 0 Å². The van der Waals surface area contributed by atoms with Crippen LogP contribution in [-0.2, 0) is 0 Å². The highest BCUT2D eigenvalue weighted by Crippen LogP contribution is 2.34. The SMILES string of the molecule is CCCNC(c1cc(Br)ccc1OCC)c1ccoc1C. The van der Waals surface area contributed by atoms with Crippen LogP contribution in [-0.4, -0.2) is 13.2 Å². The molecule has 1 N–H and O–H groups in total. The van der Waals surface area contributed by atoms with Crippen LogP contribution in [0.3, 0.4) is 0 Å². The second kappa shape index (κ2) is 7.66. The lowest BCUT2D eigenvalue weighted by Crippen LogP contribution is -2.24. The van der Waals surface area contributed by atoms with Crippen molar-refractivity contribution in [2.45, 2.75) is 33.2 Å². The highest BCUT2D eigenvalue weighted by atomic mass is 79.9. The summed E-state index contributed by atoms with van der Waals surface area (Å²) in [6, 6.07) is 8.24. The van der Waals surface area contributed by atoms with Crippen LogP contribution in [0.5, 0.6) is 5.75 Å². The molecule has 0 aliphatic rings. The van der Waals surface area contributed by atoms with E-state index in [1.807, 2.05) is 32.0 Å². The Morgan fingerprint density at radius 3 is 2.67 bits per heavy atom. The Hall–Kier alpha value is -1.26. The van der Waals surface area contributed by atoms with E-state index in [9.17, 15) is 0 Å². The molecule has 0 bridgehead atoms. The molecule has 0 fully saturated rings.